The van der Waals surface area contributed by atoms with Crippen LogP contribution in [0.5, 0.6) is 5.75 Å². The Hall–Kier alpha value is -3.06. The van der Waals surface area contributed by atoms with E-state index in [0.717, 1.165) is 11.1 Å². The molecule has 2 aromatic rings. The van der Waals surface area contributed by atoms with E-state index in [1.807, 2.05) is 24.3 Å². The van der Waals surface area contributed by atoms with Crippen LogP contribution in [0.4, 0.5) is 0 Å². The third-order valence-electron chi connectivity index (χ3n) is 5.27. The summed E-state index contributed by atoms with van der Waals surface area (Å²) in [7, 11) is 0. The molecule has 0 radical (unpaired) electrons. The molecule has 33 heavy (non-hydrogen) atoms. The lowest BCUT2D eigenvalue weighted by molar-refractivity contribution is -0.155. The van der Waals surface area contributed by atoms with E-state index in [4.69, 9.17) is 26.8 Å². The lowest BCUT2D eigenvalue weighted by Crippen LogP contribution is -2.45. The molecule has 2 aromatic carbocycles. The molecular formula is C25H29ClN2O5. The van der Waals surface area contributed by atoms with Gasteiger partial charge in [-0.1, -0.05) is 30.3 Å². The molecule has 2 amide bonds. The number of fused-ring (bicyclic) bond motifs is 1. The van der Waals surface area contributed by atoms with Crippen molar-refractivity contribution in [3.8, 4) is 5.75 Å². The highest BCUT2D eigenvalue weighted by atomic mass is 35.5. The molecule has 0 saturated heterocycles. The van der Waals surface area contributed by atoms with Crippen molar-refractivity contribution in [2.75, 3.05) is 0 Å². The molecule has 0 spiro atoms. The van der Waals surface area contributed by atoms with E-state index >= 15 is 0 Å². The third kappa shape index (κ3) is 6.26. The number of carbonyl (C=O) groups excluding carboxylic acids is 3. The number of amides is 2. The number of ether oxygens (including phenoxy) is 2. The van der Waals surface area contributed by atoms with Gasteiger partial charge in [0.15, 0.2) is 0 Å². The predicted octanol–water partition coefficient (Wildman–Crippen LogP) is 3.94. The fourth-order valence-corrected chi connectivity index (χ4v) is 3.88. The SMILES string of the molecule is CC(C)(C)OC(=O)CC[C@@H](C(N)=O)N1Cc2c(OCc3ccc(CCl)cc3)cccc2C1=O. The number of alkyl halides is 1. The topological polar surface area (TPSA) is 98.9 Å². The molecule has 1 aliphatic rings. The van der Waals surface area contributed by atoms with Gasteiger partial charge in [-0.05, 0) is 50.5 Å². The minimum absolute atomic E-state index is 0.0212. The molecular weight excluding hydrogens is 444 g/mol. The Labute approximate surface area is 198 Å². The van der Waals surface area contributed by atoms with E-state index < -0.39 is 23.5 Å². The molecule has 0 aliphatic carbocycles. The molecule has 1 heterocycles. The van der Waals surface area contributed by atoms with Gasteiger partial charge in [-0.2, -0.15) is 0 Å². The largest absolute Gasteiger partial charge is 0.489 e. The van der Waals surface area contributed by atoms with Crippen molar-refractivity contribution < 1.29 is 23.9 Å². The normalized spacial score (nSPS) is 14.1. The van der Waals surface area contributed by atoms with Gasteiger partial charge in [0.1, 0.15) is 24.0 Å². The summed E-state index contributed by atoms with van der Waals surface area (Å²) in [6.45, 7) is 5.81. The lowest BCUT2D eigenvalue weighted by Gasteiger charge is -2.26. The second-order valence-electron chi connectivity index (χ2n) is 9.00. The molecule has 0 aromatic heterocycles. The van der Waals surface area contributed by atoms with Crippen molar-refractivity contribution in [1.29, 1.82) is 0 Å². The van der Waals surface area contributed by atoms with Crippen molar-refractivity contribution in [2.24, 2.45) is 5.73 Å². The average molecular weight is 473 g/mol. The molecule has 0 bridgehead atoms. The number of hydrogen-bond donors (Lipinski definition) is 1. The van der Waals surface area contributed by atoms with Gasteiger partial charge in [0.2, 0.25) is 5.91 Å². The van der Waals surface area contributed by atoms with Crippen LogP contribution in [-0.2, 0) is 33.4 Å². The van der Waals surface area contributed by atoms with Gasteiger partial charge < -0.3 is 20.1 Å². The van der Waals surface area contributed by atoms with Crippen LogP contribution in [0.15, 0.2) is 42.5 Å². The molecule has 1 atom stereocenters. The lowest BCUT2D eigenvalue weighted by atomic mass is 10.1. The zero-order valence-electron chi connectivity index (χ0n) is 19.1. The van der Waals surface area contributed by atoms with Gasteiger partial charge in [0, 0.05) is 23.4 Å². The summed E-state index contributed by atoms with van der Waals surface area (Å²) in [5.74, 6) is -0.404. The number of halogens is 1. The van der Waals surface area contributed by atoms with Crippen LogP contribution in [-0.4, -0.2) is 34.3 Å². The maximum atomic E-state index is 13.0. The number of hydrogen-bond acceptors (Lipinski definition) is 5. The van der Waals surface area contributed by atoms with Crippen LogP contribution < -0.4 is 10.5 Å². The molecule has 2 N–H and O–H groups in total. The highest BCUT2D eigenvalue weighted by molar-refractivity contribution is 6.17. The van der Waals surface area contributed by atoms with E-state index in [1.165, 1.54) is 4.90 Å². The van der Waals surface area contributed by atoms with E-state index in [9.17, 15) is 14.4 Å². The van der Waals surface area contributed by atoms with E-state index in [0.29, 0.717) is 29.4 Å². The standard InChI is InChI=1S/C25H29ClN2O5/c1-25(2,3)33-22(29)12-11-20(23(27)30)28-14-19-18(24(28)31)5-4-6-21(19)32-15-17-9-7-16(13-26)8-10-17/h4-10,20H,11-15H2,1-3H3,(H2,27,30)/t20-/m0/s1. The highest BCUT2D eigenvalue weighted by Crippen LogP contribution is 2.33. The molecule has 0 fully saturated rings. The second-order valence-corrected chi connectivity index (χ2v) is 9.26. The minimum atomic E-state index is -0.923. The molecule has 0 saturated carbocycles. The number of primary amides is 1. The Morgan fingerprint density at radius 3 is 2.39 bits per heavy atom. The van der Waals surface area contributed by atoms with E-state index in [2.05, 4.69) is 0 Å². The monoisotopic (exact) mass is 472 g/mol. The first-order valence-corrected chi connectivity index (χ1v) is 11.3. The molecule has 176 valence electrons. The average Bonchev–Trinajstić information content (AvgIpc) is 3.08. The Morgan fingerprint density at radius 1 is 1.12 bits per heavy atom. The van der Waals surface area contributed by atoms with Crippen molar-refractivity contribution in [3.63, 3.8) is 0 Å². The Kier molecular flexibility index (Phi) is 7.64. The smallest absolute Gasteiger partial charge is 0.306 e. The Morgan fingerprint density at radius 2 is 1.79 bits per heavy atom. The molecule has 7 nitrogen and oxygen atoms in total. The third-order valence-corrected chi connectivity index (χ3v) is 5.58. The highest BCUT2D eigenvalue weighted by Gasteiger charge is 2.37. The van der Waals surface area contributed by atoms with Crippen LogP contribution in [0, 0.1) is 0 Å². The van der Waals surface area contributed by atoms with Crippen molar-refractivity contribution in [1.82, 2.24) is 4.90 Å². The summed E-state index contributed by atoms with van der Waals surface area (Å²) in [6.07, 6.45) is 0.0692. The van der Waals surface area contributed by atoms with Gasteiger partial charge in [-0.3, -0.25) is 14.4 Å². The number of esters is 1. The summed E-state index contributed by atoms with van der Waals surface area (Å²) in [5.41, 5.74) is 8.12. The first kappa shape index (κ1) is 24.6. The fourth-order valence-electron chi connectivity index (χ4n) is 3.70. The second kappa shape index (κ2) is 10.3. The number of benzene rings is 2. The number of nitrogens with two attached hydrogens (primary N) is 1. The van der Waals surface area contributed by atoms with Gasteiger partial charge in [0.05, 0.1) is 6.54 Å². The summed E-state index contributed by atoms with van der Waals surface area (Å²) < 4.78 is 11.3. The summed E-state index contributed by atoms with van der Waals surface area (Å²) in [5, 5.41) is 0. The minimum Gasteiger partial charge on any atom is -0.489 e. The van der Waals surface area contributed by atoms with Crippen molar-refractivity contribution in [2.45, 2.75) is 64.3 Å². The van der Waals surface area contributed by atoms with Gasteiger partial charge in [0.25, 0.3) is 5.91 Å². The van der Waals surface area contributed by atoms with Crippen LogP contribution in [0.1, 0.15) is 60.7 Å². The number of nitrogens with zero attached hydrogens (tertiary/aromatic N) is 1. The van der Waals surface area contributed by atoms with Crippen LogP contribution >= 0.6 is 11.6 Å². The van der Waals surface area contributed by atoms with Crippen LogP contribution in [0.2, 0.25) is 0 Å². The first-order chi connectivity index (χ1) is 15.6. The predicted molar refractivity (Wildman–Crippen MR) is 125 cm³/mol. The van der Waals surface area contributed by atoms with Crippen LogP contribution in [0.25, 0.3) is 0 Å². The Bertz CT molecular complexity index is 1030. The quantitative estimate of drug-likeness (QED) is 0.440. The first-order valence-electron chi connectivity index (χ1n) is 10.8. The maximum Gasteiger partial charge on any atom is 0.306 e. The van der Waals surface area contributed by atoms with E-state index in [-0.39, 0.29) is 25.3 Å². The fraction of sp³-hybridized carbons (Fsp3) is 0.400. The molecule has 3 rings (SSSR count). The summed E-state index contributed by atoms with van der Waals surface area (Å²) in [6, 6.07) is 12.1. The summed E-state index contributed by atoms with van der Waals surface area (Å²) >= 11 is 5.83. The molecule has 1 aliphatic heterocycles. The van der Waals surface area contributed by atoms with Gasteiger partial charge in [-0.15, -0.1) is 11.6 Å². The zero-order chi connectivity index (χ0) is 24.2. The van der Waals surface area contributed by atoms with Crippen molar-refractivity contribution in [3.05, 3.63) is 64.7 Å². The van der Waals surface area contributed by atoms with Gasteiger partial charge in [-0.25, -0.2) is 0 Å². The summed E-state index contributed by atoms with van der Waals surface area (Å²) in [4.78, 5) is 38.7. The van der Waals surface area contributed by atoms with Gasteiger partial charge >= 0.3 is 5.97 Å². The van der Waals surface area contributed by atoms with E-state index in [1.54, 1.807) is 39.0 Å². The zero-order valence-corrected chi connectivity index (χ0v) is 19.9. The molecule has 0 unspecified atom stereocenters. The number of rotatable bonds is 9. The maximum absolute atomic E-state index is 13.0. The van der Waals surface area contributed by atoms with Crippen LogP contribution in [0.3, 0.4) is 0 Å². The Balaban J connectivity index is 1.71. The number of carbonyl (C=O) groups is 3. The molecule has 8 heteroatoms. The van der Waals surface area contributed by atoms with Crippen molar-refractivity contribution >= 4 is 29.4 Å².